The molecule has 1 aliphatic heterocycles. The lowest BCUT2D eigenvalue weighted by Gasteiger charge is -2.13. The Morgan fingerprint density at radius 1 is 1.62 bits per heavy atom. The van der Waals surface area contributed by atoms with Crippen molar-refractivity contribution < 1.29 is 13.2 Å². The van der Waals surface area contributed by atoms with E-state index in [0.717, 1.165) is 6.42 Å². The van der Waals surface area contributed by atoms with Gasteiger partial charge < -0.3 is 15.4 Å². The first-order chi connectivity index (χ1) is 7.53. The lowest BCUT2D eigenvalue weighted by molar-refractivity contribution is 0.195. The maximum atomic E-state index is 11.1. The van der Waals surface area contributed by atoms with E-state index in [0.29, 0.717) is 18.3 Å². The number of ether oxygens (including phenoxy) is 1. The van der Waals surface area contributed by atoms with Crippen LogP contribution in [0.2, 0.25) is 0 Å². The molecular weight excluding hydrogens is 248 g/mol. The number of hydrogen-bond acceptors (Lipinski definition) is 4. The highest BCUT2D eigenvalue weighted by molar-refractivity contribution is 7.94. The standard InChI is InChI=1S/C9H16N2O3S2/c1-14-5-2-4-10-9(15)11-8-3-6-16(12,13)7-8/h3,6,8H,2,4-5,7H2,1H3,(H2,10,11,15). The van der Waals surface area contributed by atoms with Crippen molar-refractivity contribution in [2.24, 2.45) is 0 Å². The van der Waals surface area contributed by atoms with Crippen LogP contribution >= 0.6 is 12.2 Å². The number of nitrogens with one attached hydrogen (secondary N) is 2. The fourth-order valence-corrected chi connectivity index (χ4v) is 2.79. The molecule has 0 aromatic heterocycles. The van der Waals surface area contributed by atoms with Gasteiger partial charge >= 0.3 is 0 Å². The van der Waals surface area contributed by atoms with Crippen molar-refractivity contribution in [3.05, 3.63) is 11.5 Å². The summed E-state index contributed by atoms with van der Waals surface area (Å²) in [5.74, 6) is 0.0763. The molecule has 16 heavy (non-hydrogen) atoms. The molecule has 0 spiro atoms. The van der Waals surface area contributed by atoms with Crippen LogP contribution in [-0.2, 0) is 14.6 Å². The van der Waals surface area contributed by atoms with E-state index in [1.165, 1.54) is 5.41 Å². The smallest absolute Gasteiger partial charge is 0.173 e. The molecule has 0 aliphatic carbocycles. The van der Waals surface area contributed by atoms with Crippen molar-refractivity contribution in [2.45, 2.75) is 12.5 Å². The zero-order valence-electron chi connectivity index (χ0n) is 9.10. The highest BCUT2D eigenvalue weighted by atomic mass is 32.2. The number of hydrogen-bond donors (Lipinski definition) is 2. The minimum atomic E-state index is -3.02. The first kappa shape index (κ1) is 13.4. The van der Waals surface area contributed by atoms with Gasteiger partial charge in [-0.15, -0.1) is 0 Å². The summed E-state index contributed by atoms with van der Waals surface area (Å²) in [7, 11) is -1.38. The Morgan fingerprint density at radius 3 is 2.94 bits per heavy atom. The maximum Gasteiger partial charge on any atom is 0.173 e. The molecule has 0 saturated carbocycles. The van der Waals surface area contributed by atoms with E-state index in [2.05, 4.69) is 10.6 Å². The van der Waals surface area contributed by atoms with Gasteiger partial charge in [-0.1, -0.05) is 0 Å². The van der Waals surface area contributed by atoms with E-state index in [1.54, 1.807) is 13.2 Å². The van der Waals surface area contributed by atoms with Gasteiger partial charge in [0, 0.05) is 25.7 Å². The molecule has 5 nitrogen and oxygen atoms in total. The summed E-state index contributed by atoms with van der Waals surface area (Å²) in [5, 5.41) is 7.60. The van der Waals surface area contributed by atoms with Crippen LogP contribution in [0.3, 0.4) is 0 Å². The second-order valence-corrected chi connectivity index (χ2v) is 5.85. The van der Waals surface area contributed by atoms with E-state index in [1.807, 2.05) is 0 Å². The molecule has 1 aliphatic rings. The second kappa shape index (κ2) is 6.17. The third kappa shape index (κ3) is 4.91. The van der Waals surface area contributed by atoms with Gasteiger partial charge in [0.1, 0.15) is 0 Å². The van der Waals surface area contributed by atoms with Crippen LogP contribution in [-0.4, -0.2) is 45.6 Å². The fourth-order valence-electron chi connectivity index (χ4n) is 1.30. The van der Waals surface area contributed by atoms with Crippen LogP contribution in [0.1, 0.15) is 6.42 Å². The normalized spacial score (nSPS) is 21.9. The largest absolute Gasteiger partial charge is 0.385 e. The summed E-state index contributed by atoms with van der Waals surface area (Å²) in [6.07, 6.45) is 2.47. The van der Waals surface area contributed by atoms with Crippen LogP contribution in [0.25, 0.3) is 0 Å². The molecule has 0 aromatic rings. The third-order valence-corrected chi connectivity index (χ3v) is 3.72. The lowest BCUT2D eigenvalue weighted by atomic mass is 10.3. The quantitative estimate of drug-likeness (QED) is 0.529. The van der Waals surface area contributed by atoms with Crippen molar-refractivity contribution in [3.63, 3.8) is 0 Å². The topological polar surface area (TPSA) is 67.4 Å². The summed E-state index contributed by atoms with van der Waals surface area (Å²) >= 11 is 5.02. The van der Waals surface area contributed by atoms with Gasteiger partial charge in [0.05, 0.1) is 11.8 Å². The molecule has 7 heteroatoms. The van der Waals surface area contributed by atoms with Gasteiger partial charge in [0.15, 0.2) is 14.9 Å². The minimum absolute atomic E-state index is 0.0763. The van der Waals surface area contributed by atoms with Gasteiger partial charge in [-0.2, -0.15) is 0 Å². The SMILES string of the molecule is COCCCNC(=S)NC1C=CS(=O)(=O)C1. The first-order valence-electron chi connectivity index (χ1n) is 4.98. The Bertz CT molecular complexity index is 365. The van der Waals surface area contributed by atoms with E-state index < -0.39 is 9.84 Å². The third-order valence-electron chi connectivity index (χ3n) is 2.06. The Kier molecular flexibility index (Phi) is 5.17. The fraction of sp³-hybridized carbons (Fsp3) is 0.667. The molecule has 0 radical (unpaired) electrons. The van der Waals surface area contributed by atoms with Crippen molar-refractivity contribution in [1.82, 2.24) is 10.6 Å². The number of thiocarbonyl (C=S) groups is 1. The Hall–Kier alpha value is -0.660. The van der Waals surface area contributed by atoms with Crippen LogP contribution in [0.15, 0.2) is 11.5 Å². The molecule has 0 bridgehead atoms. The second-order valence-electron chi connectivity index (χ2n) is 3.51. The number of rotatable bonds is 5. The predicted molar refractivity (Wildman–Crippen MR) is 66.9 cm³/mol. The van der Waals surface area contributed by atoms with E-state index >= 15 is 0 Å². The van der Waals surface area contributed by atoms with Gasteiger partial charge in [-0.25, -0.2) is 8.42 Å². The highest BCUT2D eigenvalue weighted by Crippen LogP contribution is 2.07. The number of sulfone groups is 1. The molecular formula is C9H16N2O3S2. The van der Waals surface area contributed by atoms with Crippen LogP contribution in [0, 0.1) is 0 Å². The minimum Gasteiger partial charge on any atom is -0.385 e. The van der Waals surface area contributed by atoms with Crippen molar-refractivity contribution >= 4 is 27.2 Å². The van der Waals surface area contributed by atoms with Crippen molar-refractivity contribution in [3.8, 4) is 0 Å². The molecule has 1 heterocycles. The Labute approximate surface area is 101 Å². The monoisotopic (exact) mass is 264 g/mol. The lowest BCUT2D eigenvalue weighted by Crippen LogP contribution is -2.42. The van der Waals surface area contributed by atoms with Gasteiger partial charge in [-0.05, 0) is 24.7 Å². The molecule has 0 aromatic carbocycles. The average Bonchev–Trinajstić information content (AvgIpc) is 2.53. The molecule has 0 saturated heterocycles. The highest BCUT2D eigenvalue weighted by Gasteiger charge is 2.21. The Morgan fingerprint density at radius 2 is 2.38 bits per heavy atom. The van der Waals surface area contributed by atoms with Crippen LogP contribution in [0.4, 0.5) is 0 Å². The molecule has 1 atom stereocenters. The average molecular weight is 264 g/mol. The van der Waals surface area contributed by atoms with Gasteiger partial charge in [-0.3, -0.25) is 0 Å². The number of methoxy groups -OCH3 is 1. The molecule has 1 unspecified atom stereocenters. The maximum absolute atomic E-state index is 11.1. The van der Waals surface area contributed by atoms with Gasteiger partial charge in [0.25, 0.3) is 0 Å². The zero-order chi connectivity index (χ0) is 12.0. The predicted octanol–water partition coefficient (Wildman–Crippen LogP) is -0.202. The van der Waals surface area contributed by atoms with E-state index in [4.69, 9.17) is 17.0 Å². The molecule has 1 rings (SSSR count). The van der Waals surface area contributed by atoms with Crippen LogP contribution < -0.4 is 10.6 Å². The first-order valence-corrected chi connectivity index (χ1v) is 7.10. The van der Waals surface area contributed by atoms with Crippen molar-refractivity contribution in [2.75, 3.05) is 26.0 Å². The molecule has 0 fully saturated rings. The van der Waals surface area contributed by atoms with Crippen LogP contribution in [0.5, 0.6) is 0 Å². The zero-order valence-corrected chi connectivity index (χ0v) is 10.7. The van der Waals surface area contributed by atoms with E-state index in [-0.39, 0.29) is 11.8 Å². The van der Waals surface area contributed by atoms with Crippen molar-refractivity contribution in [1.29, 1.82) is 0 Å². The molecule has 92 valence electrons. The summed E-state index contributed by atoms with van der Waals surface area (Å²) in [4.78, 5) is 0. The van der Waals surface area contributed by atoms with E-state index in [9.17, 15) is 8.42 Å². The summed E-state index contributed by atoms with van der Waals surface area (Å²) in [5.41, 5.74) is 0. The molecule has 2 N–H and O–H groups in total. The van der Waals surface area contributed by atoms with Gasteiger partial charge in [0.2, 0.25) is 0 Å². The summed E-state index contributed by atoms with van der Waals surface area (Å²) < 4.78 is 27.1. The molecule has 0 amide bonds. The Balaban J connectivity index is 2.18. The summed E-state index contributed by atoms with van der Waals surface area (Å²) in [6.45, 7) is 1.39. The summed E-state index contributed by atoms with van der Waals surface area (Å²) in [6, 6.07) is -0.215.